The molecule has 1 fully saturated rings. The lowest BCUT2D eigenvalue weighted by atomic mass is 10.0. The molecule has 17 heavy (non-hydrogen) atoms. The number of rotatable bonds is 4. The minimum Gasteiger partial charge on any atom is -0.481 e. The zero-order valence-corrected chi connectivity index (χ0v) is 11.4. The molecule has 0 aromatic heterocycles. The number of carboxylic acids is 1. The summed E-state index contributed by atoms with van der Waals surface area (Å²) in [4.78, 5) is 11.0. The number of aliphatic carboxylic acids is 1. The van der Waals surface area contributed by atoms with Crippen molar-refractivity contribution in [1.29, 1.82) is 0 Å². The highest BCUT2D eigenvalue weighted by molar-refractivity contribution is 7.86. The first-order chi connectivity index (χ1) is 7.69. The molecule has 1 aliphatic heterocycles. The lowest BCUT2D eigenvalue weighted by Gasteiger charge is -2.30. The quantitative estimate of drug-likeness (QED) is 0.795. The molecule has 0 radical (unpaired) electrons. The molecule has 2 unspecified atom stereocenters. The highest BCUT2D eigenvalue weighted by Crippen LogP contribution is 2.28. The van der Waals surface area contributed by atoms with Crippen LogP contribution in [0.4, 0.5) is 0 Å². The van der Waals surface area contributed by atoms with Crippen molar-refractivity contribution in [3.63, 3.8) is 0 Å². The first-order valence-electron chi connectivity index (χ1n) is 5.67. The third-order valence-electron chi connectivity index (χ3n) is 3.40. The molecule has 6 nitrogen and oxygen atoms in total. The Kier molecular flexibility index (Phi) is 4.16. The normalized spacial score (nSPS) is 26.9. The summed E-state index contributed by atoms with van der Waals surface area (Å²) in [6.45, 7) is 5.50. The molecular formula is C10H20N2O4S. The fourth-order valence-corrected chi connectivity index (χ4v) is 3.77. The van der Waals surface area contributed by atoms with E-state index in [-0.39, 0.29) is 12.6 Å². The zero-order chi connectivity index (χ0) is 13.4. The molecule has 0 amide bonds. The van der Waals surface area contributed by atoms with Gasteiger partial charge in [-0.05, 0) is 27.2 Å². The van der Waals surface area contributed by atoms with E-state index in [9.17, 15) is 13.2 Å². The summed E-state index contributed by atoms with van der Waals surface area (Å²) in [5, 5.41) is 8.98. The minimum atomic E-state index is -3.55. The summed E-state index contributed by atoms with van der Waals surface area (Å²) < 4.78 is 27.0. The second kappa shape index (κ2) is 4.91. The van der Waals surface area contributed by atoms with E-state index in [1.807, 2.05) is 0 Å². The Balaban J connectivity index is 2.92. The average molecular weight is 264 g/mol. The molecule has 0 aromatic carbocycles. The fraction of sp³-hybridized carbons (Fsp3) is 0.900. The number of hydrogen-bond donors (Lipinski definition) is 1. The van der Waals surface area contributed by atoms with Crippen LogP contribution in [0.2, 0.25) is 0 Å². The molecule has 1 N–H and O–H groups in total. The smallest absolute Gasteiger partial charge is 0.308 e. The molecule has 7 heteroatoms. The third kappa shape index (κ3) is 2.61. The Morgan fingerprint density at radius 1 is 1.47 bits per heavy atom. The van der Waals surface area contributed by atoms with Gasteiger partial charge in [0.15, 0.2) is 0 Å². The predicted molar refractivity (Wildman–Crippen MR) is 63.7 cm³/mol. The molecule has 0 spiro atoms. The number of hydrogen-bond acceptors (Lipinski definition) is 3. The summed E-state index contributed by atoms with van der Waals surface area (Å²) >= 11 is 0. The van der Waals surface area contributed by atoms with Crippen molar-refractivity contribution < 1.29 is 18.3 Å². The lowest BCUT2D eigenvalue weighted by molar-refractivity contribution is -0.142. The zero-order valence-electron chi connectivity index (χ0n) is 10.6. The van der Waals surface area contributed by atoms with E-state index in [1.165, 1.54) is 15.7 Å². The van der Waals surface area contributed by atoms with Gasteiger partial charge in [-0.25, -0.2) is 0 Å². The van der Waals surface area contributed by atoms with Gasteiger partial charge in [0, 0.05) is 25.7 Å². The SMILES string of the molecule is CC(C)N(C)S(=O)(=O)N1CCC(C(=O)O)C1C. The van der Waals surface area contributed by atoms with Gasteiger partial charge in [-0.1, -0.05) is 0 Å². The Hall–Kier alpha value is -0.660. The third-order valence-corrected chi connectivity index (χ3v) is 5.66. The highest BCUT2D eigenvalue weighted by Gasteiger charge is 2.43. The van der Waals surface area contributed by atoms with Crippen molar-refractivity contribution in [2.45, 2.75) is 39.3 Å². The van der Waals surface area contributed by atoms with Crippen LogP contribution in [0.3, 0.4) is 0 Å². The number of nitrogens with zero attached hydrogens (tertiary/aromatic N) is 2. The van der Waals surface area contributed by atoms with Crippen LogP contribution >= 0.6 is 0 Å². The van der Waals surface area contributed by atoms with Crippen molar-refractivity contribution in [3.05, 3.63) is 0 Å². The fourth-order valence-electron chi connectivity index (χ4n) is 2.00. The van der Waals surface area contributed by atoms with E-state index >= 15 is 0 Å². The minimum absolute atomic E-state index is 0.143. The number of carbonyl (C=O) groups is 1. The maximum Gasteiger partial charge on any atom is 0.308 e. The van der Waals surface area contributed by atoms with Crippen molar-refractivity contribution >= 4 is 16.2 Å². The van der Waals surface area contributed by atoms with Crippen molar-refractivity contribution in [2.24, 2.45) is 5.92 Å². The van der Waals surface area contributed by atoms with Gasteiger partial charge in [-0.3, -0.25) is 4.79 Å². The van der Waals surface area contributed by atoms with E-state index < -0.39 is 28.1 Å². The topological polar surface area (TPSA) is 77.9 Å². The van der Waals surface area contributed by atoms with Crippen LogP contribution in [0, 0.1) is 5.92 Å². The van der Waals surface area contributed by atoms with Gasteiger partial charge >= 0.3 is 5.97 Å². The average Bonchev–Trinajstić information content (AvgIpc) is 2.59. The second-order valence-corrected chi connectivity index (χ2v) is 6.64. The van der Waals surface area contributed by atoms with E-state index in [0.29, 0.717) is 6.42 Å². The van der Waals surface area contributed by atoms with Gasteiger partial charge in [0.2, 0.25) is 0 Å². The predicted octanol–water partition coefficient (Wildman–Crippen LogP) is 0.366. The standard InChI is InChI=1S/C10H20N2O4S/c1-7(2)11(4)17(15,16)12-6-5-9(8(12)3)10(13)14/h7-9H,5-6H2,1-4H3,(H,13,14). The first kappa shape index (κ1) is 14.4. The molecular weight excluding hydrogens is 244 g/mol. The Morgan fingerprint density at radius 2 is 2.00 bits per heavy atom. The van der Waals surface area contributed by atoms with Gasteiger partial charge in [0.25, 0.3) is 10.2 Å². The lowest BCUT2D eigenvalue weighted by Crippen LogP contribution is -2.47. The van der Waals surface area contributed by atoms with Crippen LogP contribution in [-0.2, 0) is 15.0 Å². The molecule has 1 saturated heterocycles. The summed E-state index contributed by atoms with van der Waals surface area (Å²) in [6, 6.07) is -0.630. The van der Waals surface area contributed by atoms with Gasteiger partial charge in [-0.15, -0.1) is 0 Å². The molecule has 1 heterocycles. The molecule has 100 valence electrons. The Labute approximate surface area is 102 Å². The second-order valence-electron chi connectivity index (χ2n) is 4.70. The highest BCUT2D eigenvalue weighted by atomic mass is 32.2. The molecule has 1 rings (SSSR count). The van der Waals surface area contributed by atoms with E-state index in [1.54, 1.807) is 20.8 Å². The largest absolute Gasteiger partial charge is 0.481 e. The summed E-state index contributed by atoms with van der Waals surface area (Å²) in [5.74, 6) is -1.53. The first-order valence-corrected chi connectivity index (χ1v) is 7.07. The monoisotopic (exact) mass is 264 g/mol. The van der Waals surface area contributed by atoms with Crippen LogP contribution in [0.25, 0.3) is 0 Å². The summed E-state index contributed by atoms with van der Waals surface area (Å²) in [5.41, 5.74) is 0. The van der Waals surface area contributed by atoms with Gasteiger partial charge in [0.1, 0.15) is 0 Å². The maximum atomic E-state index is 12.2. The Bertz CT molecular complexity index is 393. The molecule has 2 atom stereocenters. The Morgan fingerprint density at radius 3 is 2.35 bits per heavy atom. The summed E-state index contributed by atoms with van der Waals surface area (Å²) in [7, 11) is -2.04. The van der Waals surface area contributed by atoms with Crippen molar-refractivity contribution in [3.8, 4) is 0 Å². The molecule has 0 aliphatic carbocycles. The van der Waals surface area contributed by atoms with Crippen LogP contribution < -0.4 is 0 Å². The molecule has 1 aliphatic rings. The van der Waals surface area contributed by atoms with E-state index in [4.69, 9.17) is 5.11 Å². The maximum absolute atomic E-state index is 12.2. The van der Waals surface area contributed by atoms with Crippen LogP contribution in [-0.4, -0.2) is 53.8 Å². The van der Waals surface area contributed by atoms with Gasteiger partial charge in [-0.2, -0.15) is 17.0 Å². The van der Waals surface area contributed by atoms with Gasteiger partial charge < -0.3 is 5.11 Å². The van der Waals surface area contributed by atoms with E-state index in [2.05, 4.69) is 0 Å². The molecule has 0 aromatic rings. The van der Waals surface area contributed by atoms with Gasteiger partial charge in [0.05, 0.1) is 5.92 Å². The van der Waals surface area contributed by atoms with Crippen LogP contribution in [0.15, 0.2) is 0 Å². The van der Waals surface area contributed by atoms with Crippen LogP contribution in [0.5, 0.6) is 0 Å². The molecule has 0 bridgehead atoms. The summed E-state index contributed by atoms with van der Waals surface area (Å²) in [6.07, 6.45) is 0.377. The van der Waals surface area contributed by atoms with Crippen LogP contribution in [0.1, 0.15) is 27.2 Å². The van der Waals surface area contributed by atoms with Crippen molar-refractivity contribution in [2.75, 3.05) is 13.6 Å². The number of carboxylic acid groups (broad SMARTS) is 1. The van der Waals surface area contributed by atoms with E-state index in [0.717, 1.165) is 0 Å². The van der Waals surface area contributed by atoms with Crippen molar-refractivity contribution in [1.82, 2.24) is 8.61 Å². The molecule has 0 saturated carbocycles.